The molecule has 1 N–H and O–H groups in total. The molecule has 1 amide bonds. The maximum atomic E-state index is 12.5. The van der Waals surface area contributed by atoms with E-state index in [2.05, 4.69) is 67.6 Å². The monoisotopic (exact) mass is 484 g/mol. The van der Waals surface area contributed by atoms with Crippen LogP contribution in [-0.2, 0) is 4.79 Å². The van der Waals surface area contributed by atoms with Gasteiger partial charge in [0.15, 0.2) is 5.65 Å². The normalized spacial score (nSPS) is 19.7. The van der Waals surface area contributed by atoms with Gasteiger partial charge in [0.05, 0.1) is 10.7 Å². The lowest BCUT2D eigenvalue weighted by Gasteiger charge is -2.32. The van der Waals surface area contributed by atoms with Crippen LogP contribution in [0, 0.1) is 5.92 Å². The fraction of sp³-hybridized carbons (Fsp3) is 0.522. The lowest BCUT2D eigenvalue weighted by atomic mass is 9.93. The molecule has 1 saturated carbocycles. The Morgan fingerprint density at radius 1 is 1.26 bits per heavy atom. The molecule has 2 aliphatic heterocycles. The highest BCUT2D eigenvalue weighted by Gasteiger charge is 2.30. The molecule has 0 bridgehead atoms. The highest BCUT2D eigenvalue weighted by molar-refractivity contribution is 9.10. The number of anilines is 1. The molecule has 1 aliphatic carbocycles. The Balaban J connectivity index is 1.31. The summed E-state index contributed by atoms with van der Waals surface area (Å²) >= 11 is 3.60. The van der Waals surface area contributed by atoms with Crippen molar-refractivity contribution in [2.75, 3.05) is 38.5 Å². The molecule has 2 fully saturated rings. The van der Waals surface area contributed by atoms with Crippen LogP contribution in [0.1, 0.15) is 43.7 Å². The number of likely N-dealkylation sites (tertiary alicyclic amines) is 1. The van der Waals surface area contributed by atoms with Crippen LogP contribution >= 0.6 is 15.9 Å². The van der Waals surface area contributed by atoms with E-state index in [0.29, 0.717) is 17.7 Å². The third-order valence-corrected chi connectivity index (χ3v) is 7.06. The lowest BCUT2D eigenvalue weighted by molar-refractivity contribution is -0.132. The van der Waals surface area contributed by atoms with Gasteiger partial charge < -0.3 is 15.1 Å². The molecule has 1 saturated heterocycles. The average Bonchev–Trinajstić information content (AvgIpc) is 3.52. The van der Waals surface area contributed by atoms with Crippen molar-refractivity contribution in [2.24, 2.45) is 5.92 Å². The van der Waals surface area contributed by atoms with Crippen LogP contribution in [0.5, 0.6) is 0 Å². The van der Waals surface area contributed by atoms with Crippen molar-refractivity contribution < 1.29 is 4.79 Å². The van der Waals surface area contributed by atoms with Gasteiger partial charge in [-0.3, -0.25) is 4.79 Å². The van der Waals surface area contributed by atoms with E-state index in [4.69, 9.17) is 4.98 Å². The highest BCUT2D eigenvalue weighted by atomic mass is 79.9. The van der Waals surface area contributed by atoms with E-state index in [0.717, 1.165) is 67.1 Å². The molecule has 7 nitrogen and oxygen atoms in total. The van der Waals surface area contributed by atoms with Crippen LogP contribution < -0.4 is 5.32 Å². The number of nitrogens with zero attached hydrogens (tertiary/aromatic N) is 5. The van der Waals surface area contributed by atoms with Crippen molar-refractivity contribution in [3.05, 3.63) is 46.4 Å². The lowest BCUT2D eigenvalue weighted by Crippen LogP contribution is -2.38. The molecule has 0 spiro atoms. The summed E-state index contributed by atoms with van der Waals surface area (Å²) in [7, 11) is 2.08. The molecular formula is C23H29BrN6O. The summed E-state index contributed by atoms with van der Waals surface area (Å²) in [5.74, 6) is 2.30. The smallest absolute Gasteiger partial charge is 0.222 e. The molecule has 5 rings (SSSR count). The van der Waals surface area contributed by atoms with Crippen LogP contribution in [0.2, 0.25) is 0 Å². The van der Waals surface area contributed by atoms with Gasteiger partial charge >= 0.3 is 0 Å². The molecule has 2 aromatic heterocycles. The number of carbonyl (C=O) groups is 1. The zero-order chi connectivity index (χ0) is 21.4. The van der Waals surface area contributed by atoms with E-state index in [-0.39, 0.29) is 0 Å². The van der Waals surface area contributed by atoms with Crippen LogP contribution in [0.4, 0.5) is 5.82 Å². The number of hydrogen-bond acceptors (Lipinski definition) is 5. The van der Waals surface area contributed by atoms with Gasteiger partial charge in [-0.15, -0.1) is 0 Å². The molecule has 2 aromatic rings. The predicted octanol–water partition coefficient (Wildman–Crippen LogP) is 3.80. The number of amides is 1. The molecule has 0 unspecified atom stereocenters. The zero-order valence-electron chi connectivity index (χ0n) is 17.9. The Hall–Kier alpha value is -2.35. The van der Waals surface area contributed by atoms with Crippen molar-refractivity contribution in [2.45, 2.75) is 38.0 Å². The minimum absolute atomic E-state index is 0.338. The summed E-state index contributed by atoms with van der Waals surface area (Å²) < 4.78 is 2.76. The number of carbonyl (C=O) groups excluding carboxylic acids is 1. The molecule has 0 aromatic carbocycles. The third kappa shape index (κ3) is 4.63. The summed E-state index contributed by atoms with van der Waals surface area (Å²) in [6.45, 7) is 3.34. The maximum Gasteiger partial charge on any atom is 0.222 e. The Labute approximate surface area is 191 Å². The molecular weight excluding hydrogens is 456 g/mol. The van der Waals surface area contributed by atoms with Crippen LogP contribution in [0.3, 0.4) is 0 Å². The number of likely N-dealkylation sites (N-methyl/N-ethyl adjacent to an activating group) is 1. The first kappa shape index (κ1) is 20.5. The quantitative estimate of drug-likeness (QED) is 0.675. The average molecular weight is 485 g/mol. The number of fused-ring (bicyclic) bond motifs is 1. The fourth-order valence-corrected chi connectivity index (χ4v) is 4.83. The van der Waals surface area contributed by atoms with Crippen molar-refractivity contribution in [1.29, 1.82) is 0 Å². The second-order valence-electron chi connectivity index (χ2n) is 9.03. The standard InChI is InChI=1S/C23H29BrN6O/c1-28-8-2-3-17(15-28)13-25-21-12-20(27-23-19(24)14-26-30(21)23)18-6-9-29(10-7-18)22(31)11-16-4-5-16/h2-3,8,12,14,16,18,25H,4-7,9-11,13,15H2,1H3. The fourth-order valence-electron chi connectivity index (χ4n) is 4.48. The molecule has 164 valence electrons. The molecule has 0 atom stereocenters. The number of rotatable bonds is 6. The van der Waals surface area contributed by atoms with Crippen molar-refractivity contribution in [3.63, 3.8) is 0 Å². The molecule has 4 heterocycles. The minimum atomic E-state index is 0.338. The molecule has 31 heavy (non-hydrogen) atoms. The number of halogens is 1. The van der Waals surface area contributed by atoms with E-state index in [1.165, 1.54) is 18.4 Å². The summed E-state index contributed by atoms with van der Waals surface area (Å²) in [5.41, 5.74) is 3.24. The SMILES string of the molecule is CN1C=CC=C(CNc2cc(C3CCN(C(=O)CC4CC4)CC3)nc3c(Br)cnn23)C1. The Morgan fingerprint density at radius 3 is 2.81 bits per heavy atom. The van der Waals surface area contributed by atoms with Gasteiger partial charge in [-0.2, -0.15) is 9.61 Å². The van der Waals surface area contributed by atoms with E-state index < -0.39 is 0 Å². The summed E-state index contributed by atoms with van der Waals surface area (Å²) in [6.07, 6.45) is 13.3. The molecule has 3 aliphatic rings. The van der Waals surface area contributed by atoms with Gasteiger partial charge in [0.1, 0.15) is 5.82 Å². The summed E-state index contributed by atoms with van der Waals surface area (Å²) in [4.78, 5) is 21.6. The number of nitrogens with one attached hydrogen (secondary N) is 1. The Bertz CT molecular complexity index is 1030. The highest BCUT2D eigenvalue weighted by Crippen LogP contribution is 2.35. The van der Waals surface area contributed by atoms with E-state index in [1.54, 1.807) is 6.20 Å². The van der Waals surface area contributed by atoms with Crippen molar-refractivity contribution in [1.82, 2.24) is 24.4 Å². The topological polar surface area (TPSA) is 65.8 Å². The van der Waals surface area contributed by atoms with Gasteiger partial charge in [0.25, 0.3) is 0 Å². The first-order valence-corrected chi connectivity index (χ1v) is 12.0. The van der Waals surface area contributed by atoms with Gasteiger partial charge in [-0.1, -0.05) is 6.08 Å². The van der Waals surface area contributed by atoms with Crippen LogP contribution in [-0.4, -0.2) is 63.5 Å². The van der Waals surface area contributed by atoms with Gasteiger partial charge in [-0.05, 0) is 65.4 Å². The summed E-state index contributed by atoms with van der Waals surface area (Å²) in [6, 6.07) is 2.14. The van der Waals surface area contributed by atoms with Crippen LogP contribution in [0.15, 0.2) is 40.7 Å². The first-order valence-electron chi connectivity index (χ1n) is 11.2. The second kappa shape index (κ2) is 8.65. The number of hydrogen-bond donors (Lipinski definition) is 1. The predicted molar refractivity (Wildman–Crippen MR) is 125 cm³/mol. The van der Waals surface area contributed by atoms with Gasteiger partial charge in [0, 0.05) is 57.3 Å². The Morgan fingerprint density at radius 2 is 2.06 bits per heavy atom. The molecule has 0 radical (unpaired) electrons. The zero-order valence-corrected chi connectivity index (χ0v) is 19.5. The van der Waals surface area contributed by atoms with E-state index in [9.17, 15) is 4.79 Å². The van der Waals surface area contributed by atoms with Crippen molar-refractivity contribution in [3.8, 4) is 0 Å². The molecule has 8 heteroatoms. The maximum absolute atomic E-state index is 12.5. The van der Waals surface area contributed by atoms with Crippen LogP contribution in [0.25, 0.3) is 5.65 Å². The minimum Gasteiger partial charge on any atom is -0.376 e. The third-order valence-electron chi connectivity index (χ3n) is 6.50. The van der Waals surface area contributed by atoms with Gasteiger partial charge in [-0.25, -0.2) is 4.98 Å². The first-order chi connectivity index (χ1) is 15.1. The van der Waals surface area contributed by atoms with E-state index in [1.807, 2.05) is 4.52 Å². The number of allylic oxidation sites excluding steroid dienone is 2. The van der Waals surface area contributed by atoms with E-state index >= 15 is 0 Å². The van der Waals surface area contributed by atoms with Crippen molar-refractivity contribution >= 4 is 33.3 Å². The summed E-state index contributed by atoms with van der Waals surface area (Å²) in [5, 5.41) is 8.07. The largest absolute Gasteiger partial charge is 0.376 e. The second-order valence-corrected chi connectivity index (χ2v) is 9.89. The Kier molecular flexibility index (Phi) is 5.73. The number of aromatic nitrogens is 3. The number of piperidine rings is 1. The van der Waals surface area contributed by atoms with Gasteiger partial charge in [0.2, 0.25) is 5.91 Å².